The lowest BCUT2D eigenvalue weighted by Gasteiger charge is -2.15. The first kappa shape index (κ1) is 14.2. The summed E-state index contributed by atoms with van der Waals surface area (Å²) in [7, 11) is 0. The Morgan fingerprint density at radius 2 is 2.22 bits per heavy atom. The van der Waals surface area contributed by atoms with Crippen LogP contribution in [0.3, 0.4) is 0 Å². The van der Waals surface area contributed by atoms with Crippen LogP contribution in [0.5, 0.6) is 0 Å². The molecule has 0 aliphatic carbocycles. The van der Waals surface area contributed by atoms with E-state index in [4.69, 9.17) is 11.6 Å². The number of anilines is 1. The van der Waals surface area contributed by atoms with Gasteiger partial charge < -0.3 is 10.6 Å². The fourth-order valence-electron chi connectivity index (χ4n) is 1.36. The van der Waals surface area contributed by atoms with E-state index in [1.807, 2.05) is 6.92 Å². The van der Waals surface area contributed by atoms with Gasteiger partial charge in [-0.1, -0.05) is 11.6 Å². The van der Waals surface area contributed by atoms with E-state index in [9.17, 15) is 14.9 Å². The Bertz CT molecular complexity index is 465. The molecule has 0 saturated heterocycles. The number of carbonyl (C=O) groups excluding carboxylic acids is 1. The van der Waals surface area contributed by atoms with Gasteiger partial charge in [-0.15, -0.1) is 0 Å². The minimum absolute atomic E-state index is 0.0868. The lowest BCUT2D eigenvalue weighted by atomic mass is 10.2. The molecule has 0 spiro atoms. The van der Waals surface area contributed by atoms with Crippen LogP contribution in [0, 0.1) is 10.1 Å². The van der Waals surface area contributed by atoms with Crippen molar-refractivity contribution in [3.8, 4) is 0 Å². The molecular formula is C11H14ClN3O3. The summed E-state index contributed by atoms with van der Waals surface area (Å²) in [5.74, 6) is -0.160. The molecule has 0 heterocycles. The maximum Gasteiger partial charge on any atom is 0.271 e. The Labute approximate surface area is 109 Å². The maximum absolute atomic E-state index is 11.5. The summed E-state index contributed by atoms with van der Waals surface area (Å²) in [6, 6.07) is 3.59. The van der Waals surface area contributed by atoms with Crippen LogP contribution in [-0.4, -0.2) is 23.4 Å². The Morgan fingerprint density at radius 1 is 1.56 bits per heavy atom. The molecule has 1 aromatic carbocycles. The molecular weight excluding hydrogens is 258 g/mol. The molecule has 0 unspecified atom stereocenters. The Kier molecular flexibility index (Phi) is 4.91. The molecule has 0 radical (unpaired) electrons. The molecule has 0 saturated carbocycles. The molecule has 98 valence electrons. The van der Waals surface area contributed by atoms with Crippen molar-refractivity contribution in [2.75, 3.05) is 11.9 Å². The lowest BCUT2D eigenvalue weighted by Crippen LogP contribution is -2.37. The third-order valence-electron chi connectivity index (χ3n) is 2.28. The predicted octanol–water partition coefficient (Wildman–Crippen LogP) is 2.18. The smallest absolute Gasteiger partial charge is 0.271 e. The van der Waals surface area contributed by atoms with Crippen LogP contribution in [0.1, 0.15) is 13.8 Å². The number of nitrogens with zero attached hydrogens (tertiary/aromatic N) is 1. The minimum Gasteiger partial charge on any atom is -0.373 e. The van der Waals surface area contributed by atoms with E-state index in [0.29, 0.717) is 12.2 Å². The molecule has 0 aliphatic heterocycles. The molecule has 0 aliphatic rings. The van der Waals surface area contributed by atoms with Crippen LogP contribution < -0.4 is 10.6 Å². The van der Waals surface area contributed by atoms with Crippen LogP contribution in [0.2, 0.25) is 5.02 Å². The number of halogens is 1. The van der Waals surface area contributed by atoms with Gasteiger partial charge in [-0.25, -0.2) is 0 Å². The van der Waals surface area contributed by atoms with Gasteiger partial charge in [0.05, 0.1) is 15.6 Å². The fraction of sp³-hybridized carbons (Fsp3) is 0.364. The molecule has 2 N–H and O–H groups in total. The zero-order valence-corrected chi connectivity index (χ0v) is 10.8. The number of nitro groups is 1. The van der Waals surface area contributed by atoms with Gasteiger partial charge in [0.1, 0.15) is 6.04 Å². The average Bonchev–Trinajstić information content (AvgIpc) is 2.31. The van der Waals surface area contributed by atoms with Gasteiger partial charge in [0.25, 0.3) is 5.69 Å². The average molecular weight is 272 g/mol. The Hall–Kier alpha value is -1.82. The van der Waals surface area contributed by atoms with Gasteiger partial charge in [-0.3, -0.25) is 14.9 Å². The number of hydrogen-bond donors (Lipinski definition) is 2. The number of rotatable bonds is 5. The van der Waals surface area contributed by atoms with Gasteiger partial charge in [0.15, 0.2) is 0 Å². The van der Waals surface area contributed by atoms with Crippen LogP contribution in [-0.2, 0) is 4.79 Å². The zero-order chi connectivity index (χ0) is 13.7. The number of amides is 1. The van der Waals surface area contributed by atoms with E-state index in [1.165, 1.54) is 18.2 Å². The predicted molar refractivity (Wildman–Crippen MR) is 69.9 cm³/mol. The summed E-state index contributed by atoms with van der Waals surface area (Å²) in [5.41, 5.74) is 0.400. The van der Waals surface area contributed by atoms with Crippen molar-refractivity contribution < 1.29 is 9.72 Å². The van der Waals surface area contributed by atoms with Crippen LogP contribution in [0.25, 0.3) is 0 Å². The molecule has 1 aromatic rings. The molecule has 0 aromatic heterocycles. The number of carbonyl (C=O) groups is 1. The van der Waals surface area contributed by atoms with Crippen LogP contribution in [0.15, 0.2) is 18.2 Å². The largest absolute Gasteiger partial charge is 0.373 e. The highest BCUT2D eigenvalue weighted by Gasteiger charge is 2.14. The summed E-state index contributed by atoms with van der Waals surface area (Å²) in [4.78, 5) is 21.5. The summed E-state index contributed by atoms with van der Waals surface area (Å²) in [5, 5.41) is 16.3. The van der Waals surface area contributed by atoms with Crippen molar-refractivity contribution in [3.63, 3.8) is 0 Å². The second-order valence-corrected chi connectivity index (χ2v) is 4.09. The third-order valence-corrected chi connectivity index (χ3v) is 2.59. The van der Waals surface area contributed by atoms with Gasteiger partial charge >= 0.3 is 0 Å². The standard InChI is InChI=1S/C11H14ClN3O3/c1-3-13-11(16)7(2)14-10-5-4-8(15(17)18)6-9(10)12/h4-7,14H,3H2,1-2H3,(H,13,16)/t7-/m0/s1. The number of nitro benzene ring substituents is 1. The highest BCUT2D eigenvalue weighted by Crippen LogP contribution is 2.27. The van der Waals surface area contributed by atoms with E-state index in [0.717, 1.165) is 0 Å². The normalized spacial score (nSPS) is 11.7. The second-order valence-electron chi connectivity index (χ2n) is 3.68. The van der Waals surface area contributed by atoms with Gasteiger partial charge in [-0.2, -0.15) is 0 Å². The maximum atomic E-state index is 11.5. The lowest BCUT2D eigenvalue weighted by molar-refractivity contribution is -0.384. The first-order chi connectivity index (χ1) is 8.45. The first-order valence-corrected chi connectivity index (χ1v) is 5.81. The topological polar surface area (TPSA) is 84.3 Å². The summed E-state index contributed by atoms with van der Waals surface area (Å²) >= 11 is 5.90. The van der Waals surface area contributed by atoms with E-state index in [2.05, 4.69) is 10.6 Å². The number of benzene rings is 1. The van der Waals surface area contributed by atoms with Gasteiger partial charge in [0.2, 0.25) is 5.91 Å². The highest BCUT2D eigenvalue weighted by atomic mass is 35.5. The SMILES string of the molecule is CCNC(=O)[C@H](C)Nc1ccc([N+](=O)[O-])cc1Cl. The van der Waals surface area contributed by atoms with Crippen molar-refractivity contribution in [2.45, 2.75) is 19.9 Å². The molecule has 6 nitrogen and oxygen atoms in total. The van der Waals surface area contributed by atoms with Crippen molar-refractivity contribution in [3.05, 3.63) is 33.3 Å². The van der Waals surface area contributed by atoms with E-state index in [1.54, 1.807) is 6.92 Å². The van der Waals surface area contributed by atoms with Crippen LogP contribution in [0.4, 0.5) is 11.4 Å². The molecule has 1 atom stereocenters. The number of nitrogens with one attached hydrogen (secondary N) is 2. The molecule has 1 rings (SSSR count). The first-order valence-electron chi connectivity index (χ1n) is 5.44. The Morgan fingerprint density at radius 3 is 2.72 bits per heavy atom. The minimum atomic E-state index is -0.525. The molecule has 0 fully saturated rings. The van der Waals surface area contributed by atoms with Crippen molar-refractivity contribution in [1.82, 2.24) is 5.32 Å². The molecule has 18 heavy (non-hydrogen) atoms. The Balaban J connectivity index is 2.79. The number of hydrogen-bond acceptors (Lipinski definition) is 4. The molecule has 1 amide bonds. The number of non-ortho nitro benzene ring substituents is 1. The quantitative estimate of drug-likeness (QED) is 0.635. The van der Waals surface area contributed by atoms with Gasteiger partial charge in [-0.05, 0) is 19.9 Å². The number of likely N-dealkylation sites (N-methyl/N-ethyl adjacent to an activating group) is 1. The summed E-state index contributed by atoms with van der Waals surface area (Å²) in [6.45, 7) is 4.05. The summed E-state index contributed by atoms with van der Waals surface area (Å²) < 4.78 is 0. The van der Waals surface area contributed by atoms with Crippen molar-refractivity contribution in [2.24, 2.45) is 0 Å². The van der Waals surface area contributed by atoms with E-state index < -0.39 is 11.0 Å². The molecule has 0 bridgehead atoms. The van der Waals surface area contributed by atoms with E-state index in [-0.39, 0.29) is 16.6 Å². The highest BCUT2D eigenvalue weighted by molar-refractivity contribution is 6.33. The van der Waals surface area contributed by atoms with E-state index >= 15 is 0 Å². The zero-order valence-electron chi connectivity index (χ0n) is 10.1. The van der Waals surface area contributed by atoms with Crippen LogP contribution >= 0.6 is 11.6 Å². The fourth-order valence-corrected chi connectivity index (χ4v) is 1.59. The van der Waals surface area contributed by atoms with Crippen molar-refractivity contribution >= 4 is 28.9 Å². The second kappa shape index (κ2) is 6.20. The third kappa shape index (κ3) is 3.59. The monoisotopic (exact) mass is 271 g/mol. The van der Waals surface area contributed by atoms with Crippen molar-refractivity contribution in [1.29, 1.82) is 0 Å². The van der Waals surface area contributed by atoms with Gasteiger partial charge in [0, 0.05) is 18.7 Å². The molecule has 7 heteroatoms. The summed E-state index contributed by atoms with van der Waals surface area (Å²) in [6.07, 6.45) is 0.